The average Bonchev–Trinajstić information content (AvgIpc) is 2.61. The topological polar surface area (TPSA) is 134 Å². The van der Waals surface area contributed by atoms with E-state index in [0.29, 0.717) is 0 Å². The van der Waals surface area contributed by atoms with Crippen molar-refractivity contribution in [1.82, 2.24) is 0 Å². The fourth-order valence-corrected chi connectivity index (χ4v) is 2.57. The highest BCUT2D eigenvalue weighted by molar-refractivity contribution is 5.45. The van der Waals surface area contributed by atoms with Gasteiger partial charge in [-0.15, -0.1) is 0 Å². The van der Waals surface area contributed by atoms with Gasteiger partial charge < -0.3 is 0 Å². The van der Waals surface area contributed by atoms with E-state index in [2.05, 4.69) is 0 Å². The molecule has 0 amide bonds. The van der Waals surface area contributed by atoms with E-state index >= 15 is 0 Å². The minimum atomic E-state index is -1.65. The van der Waals surface area contributed by atoms with Crippen LogP contribution in [0.25, 0.3) is 0 Å². The van der Waals surface area contributed by atoms with Crippen molar-refractivity contribution in [2.75, 3.05) is 0 Å². The monoisotopic (exact) mass is 336 g/mol. The molecule has 2 aromatic carbocycles. The first-order chi connectivity index (χ1) is 11.9. The lowest BCUT2D eigenvalue weighted by Crippen LogP contribution is -2.23. The van der Waals surface area contributed by atoms with Gasteiger partial charge in [0.2, 0.25) is 0 Å². The zero-order valence-electron chi connectivity index (χ0n) is 13.0. The van der Waals surface area contributed by atoms with Gasteiger partial charge in [0.15, 0.2) is 5.41 Å². The Morgan fingerprint density at radius 3 is 1.48 bits per heavy atom. The molecule has 0 saturated carbocycles. The summed E-state index contributed by atoms with van der Waals surface area (Å²) in [5, 5.41) is 41.4. The van der Waals surface area contributed by atoms with E-state index in [1.54, 1.807) is 12.1 Å². The normalized spacial score (nSPS) is 10.5. The second kappa shape index (κ2) is 7.20. The molecule has 2 aromatic rings. The van der Waals surface area contributed by atoms with Gasteiger partial charge in [-0.3, -0.25) is 20.2 Å². The zero-order valence-corrected chi connectivity index (χ0v) is 13.0. The number of benzene rings is 2. The summed E-state index contributed by atoms with van der Waals surface area (Å²) in [7, 11) is 0. The maximum Gasteiger partial charge on any atom is 0.272 e. The SMILES string of the molecule is N#CC(C#N)(Cc1ccccc1[N+](=O)[O-])Cc1ccccc1[N+](=O)[O-]. The molecule has 124 valence electrons. The number of nitrogens with zero attached hydrogens (tertiary/aromatic N) is 4. The molecular weight excluding hydrogens is 324 g/mol. The van der Waals surface area contributed by atoms with Gasteiger partial charge in [0.05, 0.1) is 22.0 Å². The summed E-state index contributed by atoms with van der Waals surface area (Å²) < 4.78 is 0. The highest BCUT2D eigenvalue weighted by atomic mass is 16.6. The van der Waals surface area contributed by atoms with Crippen molar-refractivity contribution in [3.63, 3.8) is 0 Å². The summed E-state index contributed by atoms with van der Waals surface area (Å²) in [5.74, 6) is 0. The van der Waals surface area contributed by atoms with Gasteiger partial charge in [0, 0.05) is 36.1 Å². The van der Waals surface area contributed by atoms with E-state index in [1.807, 2.05) is 12.1 Å². The van der Waals surface area contributed by atoms with Crippen LogP contribution in [0.4, 0.5) is 11.4 Å². The molecule has 0 spiro atoms. The van der Waals surface area contributed by atoms with Crippen molar-refractivity contribution in [1.29, 1.82) is 10.5 Å². The summed E-state index contributed by atoms with van der Waals surface area (Å²) in [6, 6.07) is 15.4. The molecule has 0 aliphatic carbocycles. The van der Waals surface area contributed by atoms with Crippen molar-refractivity contribution < 1.29 is 9.85 Å². The van der Waals surface area contributed by atoms with E-state index in [1.165, 1.54) is 36.4 Å². The Bertz CT molecular complexity index is 836. The molecule has 0 radical (unpaired) electrons. The van der Waals surface area contributed by atoms with Crippen LogP contribution in [0.15, 0.2) is 48.5 Å². The number of nitro groups is 2. The minimum Gasteiger partial charge on any atom is -0.258 e. The van der Waals surface area contributed by atoms with Gasteiger partial charge in [-0.05, 0) is 0 Å². The van der Waals surface area contributed by atoms with Crippen molar-refractivity contribution in [2.24, 2.45) is 5.41 Å². The molecule has 8 nitrogen and oxygen atoms in total. The second-order valence-corrected chi connectivity index (χ2v) is 5.43. The van der Waals surface area contributed by atoms with Crippen molar-refractivity contribution in [3.8, 4) is 12.1 Å². The van der Waals surface area contributed by atoms with E-state index in [9.17, 15) is 30.8 Å². The number of nitriles is 2. The first kappa shape index (κ1) is 17.6. The minimum absolute atomic E-state index is 0.195. The fraction of sp³-hybridized carbons (Fsp3) is 0.176. The third-order valence-corrected chi connectivity index (χ3v) is 3.79. The average molecular weight is 336 g/mol. The van der Waals surface area contributed by atoms with Crippen LogP contribution in [-0.4, -0.2) is 9.85 Å². The summed E-state index contributed by atoms with van der Waals surface area (Å²) in [4.78, 5) is 21.1. The standard InChI is InChI=1S/C17H12N4O4/c18-11-17(12-19,9-13-5-1-3-7-15(13)20(22)23)10-14-6-2-4-8-16(14)21(24)25/h1-8H,9-10H2. The van der Waals surface area contributed by atoms with Gasteiger partial charge >= 0.3 is 0 Å². The smallest absolute Gasteiger partial charge is 0.258 e. The van der Waals surface area contributed by atoms with Gasteiger partial charge in [-0.2, -0.15) is 10.5 Å². The highest BCUT2D eigenvalue weighted by Gasteiger charge is 2.35. The first-order valence-electron chi connectivity index (χ1n) is 7.19. The van der Waals surface area contributed by atoms with Crippen LogP contribution >= 0.6 is 0 Å². The maximum atomic E-state index is 11.1. The van der Waals surface area contributed by atoms with Crippen LogP contribution in [0.3, 0.4) is 0 Å². The summed E-state index contributed by atoms with van der Waals surface area (Å²) >= 11 is 0. The summed E-state index contributed by atoms with van der Waals surface area (Å²) in [6.07, 6.45) is -0.410. The Morgan fingerprint density at radius 2 is 1.16 bits per heavy atom. The van der Waals surface area contributed by atoms with Crippen LogP contribution in [-0.2, 0) is 12.8 Å². The number of nitro benzene ring substituents is 2. The molecule has 0 fully saturated rings. The van der Waals surface area contributed by atoms with Gasteiger partial charge in [-0.1, -0.05) is 36.4 Å². The number of hydrogen-bond donors (Lipinski definition) is 0. The molecule has 0 aliphatic heterocycles. The number of rotatable bonds is 6. The Labute approximate surface area is 142 Å². The second-order valence-electron chi connectivity index (χ2n) is 5.43. The van der Waals surface area contributed by atoms with Crippen LogP contribution in [0.1, 0.15) is 11.1 Å². The Hall–Kier alpha value is -3.78. The van der Waals surface area contributed by atoms with Crippen LogP contribution in [0.5, 0.6) is 0 Å². The zero-order chi connectivity index (χ0) is 18.4. The Kier molecular flexibility index (Phi) is 5.06. The van der Waals surface area contributed by atoms with Gasteiger partial charge in [0.25, 0.3) is 11.4 Å². The van der Waals surface area contributed by atoms with Gasteiger partial charge in [0.1, 0.15) is 0 Å². The predicted octanol–water partition coefficient (Wildman–Crippen LogP) is 3.32. The summed E-state index contributed by atoms with van der Waals surface area (Å²) in [6.45, 7) is 0. The van der Waals surface area contributed by atoms with E-state index < -0.39 is 15.3 Å². The Morgan fingerprint density at radius 1 is 0.800 bits per heavy atom. The highest BCUT2D eigenvalue weighted by Crippen LogP contribution is 2.33. The molecule has 0 atom stereocenters. The van der Waals surface area contributed by atoms with E-state index in [4.69, 9.17) is 0 Å². The predicted molar refractivity (Wildman–Crippen MR) is 87.3 cm³/mol. The molecule has 0 bridgehead atoms. The molecule has 0 aliphatic rings. The third kappa shape index (κ3) is 3.77. The van der Waals surface area contributed by atoms with E-state index in [0.717, 1.165) is 0 Å². The number of hydrogen-bond acceptors (Lipinski definition) is 6. The molecule has 0 N–H and O–H groups in total. The lowest BCUT2D eigenvalue weighted by molar-refractivity contribution is -0.385. The largest absolute Gasteiger partial charge is 0.272 e. The van der Waals surface area contributed by atoms with E-state index in [-0.39, 0.29) is 35.3 Å². The molecule has 0 aromatic heterocycles. The van der Waals surface area contributed by atoms with Crippen molar-refractivity contribution in [2.45, 2.75) is 12.8 Å². The first-order valence-corrected chi connectivity index (χ1v) is 7.19. The van der Waals surface area contributed by atoms with Crippen molar-refractivity contribution >= 4 is 11.4 Å². The Balaban J connectivity index is 2.45. The third-order valence-electron chi connectivity index (χ3n) is 3.79. The lowest BCUT2D eigenvalue weighted by atomic mass is 9.78. The van der Waals surface area contributed by atoms with Crippen LogP contribution in [0.2, 0.25) is 0 Å². The molecule has 8 heteroatoms. The molecular formula is C17H12N4O4. The van der Waals surface area contributed by atoms with Gasteiger partial charge in [-0.25, -0.2) is 0 Å². The maximum absolute atomic E-state index is 11.1. The molecule has 0 saturated heterocycles. The molecule has 2 rings (SSSR count). The molecule has 0 unspecified atom stereocenters. The lowest BCUT2D eigenvalue weighted by Gasteiger charge is -2.18. The fourth-order valence-electron chi connectivity index (χ4n) is 2.57. The summed E-state index contributed by atoms with van der Waals surface area (Å²) in [5.41, 5.74) is -1.58. The quantitative estimate of drug-likeness (QED) is 0.586. The molecule has 25 heavy (non-hydrogen) atoms. The van der Waals surface area contributed by atoms with Crippen LogP contribution in [0, 0.1) is 48.3 Å². The number of para-hydroxylation sites is 2. The van der Waals surface area contributed by atoms with Crippen LogP contribution < -0.4 is 0 Å². The molecule has 0 heterocycles. The van der Waals surface area contributed by atoms with Crippen molar-refractivity contribution in [3.05, 3.63) is 79.9 Å².